The molecular formula is C15H18BrN3. The highest BCUT2D eigenvalue weighted by Gasteiger charge is 2.12. The van der Waals surface area contributed by atoms with Gasteiger partial charge in [0.25, 0.3) is 0 Å². The summed E-state index contributed by atoms with van der Waals surface area (Å²) in [6.45, 7) is 5.07. The van der Waals surface area contributed by atoms with Crippen molar-refractivity contribution in [2.24, 2.45) is 0 Å². The van der Waals surface area contributed by atoms with Gasteiger partial charge in [0.2, 0.25) is 0 Å². The van der Waals surface area contributed by atoms with Crippen molar-refractivity contribution >= 4 is 15.9 Å². The van der Waals surface area contributed by atoms with Gasteiger partial charge in [0.15, 0.2) is 0 Å². The van der Waals surface area contributed by atoms with Gasteiger partial charge in [-0.3, -0.25) is 9.97 Å². The van der Waals surface area contributed by atoms with E-state index < -0.39 is 0 Å². The Bertz CT molecular complexity index is 525. The van der Waals surface area contributed by atoms with Crippen LogP contribution in [0.4, 0.5) is 0 Å². The number of hydrogen-bond acceptors (Lipinski definition) is 3. The number of pyridine rings is 2. The molecule has 0 aliphatic carbocycles. The number of rotatable bonds is 5. The zero-order valence-corrected chi connectivity index (χ0v) is 12.8. The van der Waals surface area contributed by atoms with E-state index in [4.69, 9.17) is 0 Å². The Morgan fingerprint density at radius 2 is 2.11 bits per heavy atom. The van der Waals surface area contributed by atoms with Crippen molar-refractivity contribution in [3.63, 3.8) is 0 Å². The van der Waals surface area contributed by atoms with Crippen LogP contribution in [0.15, 0.2) is 41.1 Å². The fourth-order valence-corrected chi connectivity index (χ4v) is 2.31. The van der Waals surface area contributed by atoms with Crippen molar-refractivity contribution in [1.29, 1.82) is 0 Å². The Hall–Kier alpha value is -1.26. The Morgan fingerprint density at radius 1 is 1.26 bits per heavy atom. The molecule has 2 aromatic heterocycles. The van der Waals surface area contributed by atoms with Crippen LogP contribution in [0.25, 0.3) is 0 Å². The summed E-state index contributed by atoms with van der Waals surface area (Å²) in [5, 5.41) is 3.51. The lowest BCUT2D eigenvalue weighted by atomic mass is 10.0. The van der Waals surface area contributed by atoms with Gasteiger partial charge in [-0.15, -0.1) is 0 Å². The predicted molar refractivity (Wildman–Crippen MR) is 81.0 cm³/mol. The van der Waals surface area contributed by atoms with Crippen LogP contribution in [-0.2, 0) is 6.42 Å². The first-order valence-electron chi connectivity index (χ1n) is 6.45. The van der Waals surface area contributed by atoms with E-state index in [2.05, 4.69) is 56.3 Å². The van der Waals surface area contributed by atoms with E-state index in [1.165, 1.54) is 5.56 Å². The second-order valence-electron chi connectivity index (χ2n) is 4.51. The van der Waals surface area contributed by atoms with Crippen LogP contribution in [0.2, 0.25) is 0 Å². The van der Waals surface area contributed by atoms with Crippen LogP contribution >= 0.6 is 15.9 Å². The molecule has 0 aromatic carbocycles. The minimum Gasteiger partial charge on any atom is -0.310 e. The van der Waals surface area contributed by atoms with Gasteiger partial charge in [0.1, 0.15) is 0 Å². The number of nitrogens with zero attached hydrogens (tertiary/aromatic N) is 2. The smallest absolute Gasteiger partial charge is 0.0423 e. The standard InChI is InChI=1S/C15H18BrN3/c1-3-17-15(12-6-7-18-11(2)8-12)9-14-5-4-13(16)10-19-14/h4-8,10,15,17H,3,9H2,1-2H3. The number of hydrogen-bond donors (Lipinski definition) is 1. The maximum Gasteiger partial charge on any atom is 0.0423 e. The molecule has 0 aliphatic heterocycles. The molecule has 4 heteroatoms. The van der Waals surface area contributed by atoms with E-state index in [1.54, 1.807) is 0 Å². The lowest BCUT2D eigenvalue weighted by Gasteiger charge is -2.18. The van der Waals surface area contributed by atoms with E-state index in [-0.39, 0.29) is 6.04 Å². The normalized spacial score (nSPS) is 12.4. The summed E-state index contributed by atoms with van der Waals surface area (Å²) < 4.78 is 1.01. The third-order valence-corrected chi connectivity index (χ3v) is 3.44. The fourth-order valence-electron chi connectivity index (χ4n) is 2.07. The molecule has 0 amide bonds. The summed E-state index contributed by atoms with van der Waals surface area (Å²) in [4.78, 5) is 8.70. The number of nitrogens with one attached hydrogen (secondary N) is 1. The highest BCUT2D eigenvalue weighted by Crippen LogP contribution is 2.18. The Morgan fingerprint density at radius 3 is 2.74 bits per heavy atom. The third kappa shape index (κ3) is 4.11. The fraction of sp³-hybridized carbons (Fsp3) is 0.333. The maximum atomic E-state index is 4.45. The van der Waals surface area contributed by atoms with E-state index in [9.17, 15) is 0 Å². The highest BCUT2D eigenvalue weighted by atomic mass is 79.9. The predicted octanol–water partition coefficient (Wildman–Crippen LogP) is 3.44. The quantitative estimate of drug-likeness (QED) is 0.917. The van der Waals surface area contributed by atoms with Gasteiger partial charge in [0.05, 0.1) is 0 Å². The minimum absolute atomic E-state index is 0.278. The molecule has 2 heterocycles. The molecule has 0 fully saturated rings. The molecule has 0 spiro atoms. The highest BCUT2D eigenvalue weighted by molar-refractivity contribution is 9.10. The lowest BCUT2D eigenvalue weighted by Crippen LogP contribution is -2.23. The SMILES string of the molecule is CCNC(Cc1ccc(Br)cn1)c1ccnc(C)c1. The van der Waals surface area contributed by atoms with Crippen LogP contribution in [0.1, 0.15) is 29.9 Å². The van der Waals surface area contributed by atoms with E-state index >= 15 is 0 Å². The van der Waals surface area contributed by atoms with Gasteiger partial charge < -0.3 is 5.32 Å². The molecule has 0 saturated carbocycles. The van der Waals surface area contributed by atoms with Crippen molar-refractivity contribution in [3.8, 4) is 0 Å². The molecule has 0 bridgehead atoms. The largest absolute Gasteiger partial charge is 0.310 e. The molecule has 3 nitrogen and oxygen atoms in total. The maximum absolute atomic E-state index is 4.45. The minimum atomic E-state index is 0.278. The van der Waals surface area contributed by atoms with Gasteiger partial charge in [0, 0.05) is 40.7 Å². The average Bonchev–Trinajstić information content (AvgIpc) is 2.41. The zero-order chi connectivity index (χ0) is 13.7. The van der Waals surface area contributed by atoms with Gasteiger partial charge in [-0.05, 0) is 59.2 Å². The van der Waals surface area contributed by atoms with Crippen molar-refractivity contribution in [3.05, 3.63) is 58.1 Å². The monoisotopic (exact) mass is 319 g/mol. The van der Waals surface area contributed by atoms with Gasteiger partial charge in [-0.2, -0.15) is 0 Å². The number of halogens is 1. The number of likely N-dealkylation sites (N-methyl/N-ethyl adjacent to an activating group) is 1. The summed E-state index contributed by atoms with van der Waals surface area (Å²) in [5.74, 6) is 0. The molecule has 1 atom stereocenters. The Labute approximate surface area is 122 Å². The summed E-state index contributed by atoms with van der Waals surface area (Å²) in [5.41, 5.74) is 3.40. The topological polar surface area (TPSA) is 37.8 Å². The molecule has 100 valence electrons. The van der Waals surface area contributed by atoms with Gasteiger partial charge in [-0.1, -0.05) is 6.92 Å². The lowest BCUT2D eigenvalue weighted by molar-refractivity contribution is 0.543. The first-order chi connectivity index (χ1) is 9.19. The summed E-state index contributed by atoms with van der Waals surface area (Å²) in [7, 11) is 0. The Balaban J connectivity index is 2.18. The van der Waals surface area contributed by atoms with Crippen LogP contribution in [0.3, 0.4) is 0 Å². The number of aryl methyl sites for hydroxylation is 1. The molecule has 0 radical (unpaired) electrons. The van der Waals surface area contributed by atoms with Crippen LogP contribution in [0.5, 0.6) is 0 Å². The van der Waals surface area contributed by atoms with Crippen LogP contribution in [-0.4, -0.2) is 16.5 Å². The van der Waals surface area contributed by atoms with Crippen molar-refractivity contribution in [1.82, 2.24) is 15.3 Å². The van der Waals surface area contributed by atoms with Gasteiger partial charge in [-0.25, -0.2) is 0 Å². The molecule has 2 rings (SSSR count). The molecule has 1 unspecified atom stereocenters. The summed E-state index contributed by atoms with van der Waals surface area (Å²) >= 11 is 3.41. The molecule has 1 N–H and O–H groups in total. The van der Waals surface area contributed by atoms with Gasteiger partial charge >= 0.3 is 0 Å². The van der Waals surface area contributed by atoms with Crippen molar-refractivity contribution < 1.29 is 0 Å². The second kappa shape index (κ2) is 6.78. The molecule has 0 aliphatic rings. The first kappa shape index (κ1) is 14.2. The zero-order valence-electron chi connectivity index (χ0n) is 11.2. The number of aromatic nitrogens is 2. The van der Waals surface area contributed by atoms with Crippen LogP contribution in [0, 0.1) is 6.92 Å². The van der Waals surface area contributed by atoms with E-state index in [1.807, 2.05) is 25.4 Å². The second-order valence-corrected chi connectivity index (χ2v) is 5.43. The molecule has 2 aromatic rings. The van der Waals surface area contributed by atoms with E-state index in [0.29, 0.717) is 0 Å². The van der Waals surface area contributed by atoms with E-state index in [0.717, 1.165) is 28.8 Å². The molecule has 0 saturated heterocycles. The molecule has 19 heavy (non-hydrogen) atoms. The third-order valence-electron chi connectivity index (χ3n) is 2.98. The summed E-state index contributed by atoms with van der Waals surface area (Å²) in [6, 6.07) is 8.57. The van der Waals surface area contributed by atoms with Crippen LogP contribution < -0.4 is 5.32 Å². The Kier molecular flexibility index (Phi) is 5.05. The first-order valence-corrected chi connectivity index (χ1v) is 7.24. The van der Waals surface area contributed by atoms with Crippen molar-refractivity contribution in [2.75, 3.05) is 6.54 Å². The van der Waals surface area contributed by atoms with Crippen molar-refractivity contribution in [2.45, 2.75) is 26.3 Å². The summed E-state index contributed by atoms with van der Waals surface area (Å²) in [6.07, 6.45) is 4.59. The molecular weight excluding hydrogens is 302 g/mol. The average molecular weight is 320 g/mol.